The van der Waals surface area contributed by atoms with E-state index >= 15 is 0 Å². The number of nitrogens with zero attached hydrogens (tertiary/aromatic N) is 2. The number of hydrogen-bond donors (Lipinski definition) is 1. The maximum Gasteiger partial charge on any atom is 0.264 e. The number of carbonyl (C=O) groups excluding carboxylic acids is 1. The first-order valence-electron chi connectivity index (χ1n) is 9.51. The van der Waals surface area contributed by atoms with Crippen LogP contribution < -0.4 is 9.73 Å². The third-order valence-corrected chi connectivity index (χ3v) is 6.54. The number of carbonyl (C=O) groups is 1. The number of aryl methyl sites for hydroxylation is 1. The van der Waals surface area contributed by atoms with Gasteiger partial charge in [0.25, 0.3) is 15.9 Å². The van der Waals surface area contributed by atoms with Gasteiger partial charge >= 0.3 is 0 Å². The Hall–Kier alpha value is -3.52. The number of hydrogen-bond acceptors (Lipinski definition) is 4. The van der Waals surface area contributed by atoms with Crippen LogP contribution in [0.5, 0.6) is 0 Å². The zero-order valence-electron chi connectivity index (χ0n) is 17.1. The Balaban J connectivity index is 1.89. The molecule has 1 N–H and O–H groups in total. The van der Waals surface area contributed by atoms with Crippen LogP contribution in [0.2, 0.25) is 0 Å². The van der Waals surface area contributed by atoms with Gasteiger partial charge in [0, 0.05) is 5.56 Å². The van der Waals surface area contributed by atoms with Gasteiger partial charge in [0.15, 0.2) is 0 Å². The molecule has 0 unspecified atom stereocenters. The van der Waals surface area contributed by atoms with E-state index in [4.69, 9.17) is 0 Å². The number of anilines is 1. The van der Waals surface area contributed by atoms with Crippen molar-refractivity contribution in [2.24, 2.45) is 5.10 Å². The van der Waals surface area contributed by atoms with E-state index in [-0.39, 0.29) is 10.5 Å². The van der Waals surface area contributed by atoms with E-state index in [1.165, 1.54) is 30.5 Å². The maximum absolute atomic E-state index is 13.7. The van der Waals surface area contributed by atoms with E-state index in [2.05, 4.69) is 10.5 Å². The monoisotopic (exact) mass is 439 g/mol. The Labute approximate surface area is 181 Å². The summed E-state index contributed by atoms with van der Waals surface area (Å²) < 4.78 is 41.4. The lowest BCUT2D eigenvalue weighted by Gasteiger charge is -2.26. The van der Waals surface area contributed by atoms with Gasteiger partial charge in [0.1, 0.15) is 12.4 Å². The van der Waals surface area contributed by atoms with Crippen molar-refractivity contribution in [1.29, 1.82) is 0 Å². The smallest absolute Gasteiger partial charge is 0.264 e. The molecule has 0 atom stereocenters. The molecule has 0 saturated heterocycles. The SMILES string of the molecule is Cc1cccc(N(CC(=O)N/N=C\c2ccccc2F)S(=O)(=O)c2ccccc2)c1C. The molecule has 8 heteroatoms. The average molecular weight is 440 g/mol. The molecule has 0 fully saturated rings. The molecule has 0 spiro atoms. The number of amides is 1. The van der Waals surface area contributed by atoms with Gasteiger partial charge in [-0.15, -0.1) is 0 Å². The second-order valence-corrected chi connectivity index (χ2v) is 8.72. The molecule has 0 bridgehead atoms. The molecular weight excluding hydrogens is 417 g/mol. The van der Waals surface area contributed by atoms with E-state index < -0.39 is 28.3 Å². The maximum atomic E-state index is 13.7. The summed E-state index contributed by atoms with van der Waals surface area (Å²) >= 11 is 0. The summed E-state index contributed by atoms with van der Waals surface area (Å²) in [5.74, 6) is -1.14. The van der Waals surface area contributed by atoms with E-state index in [0.29, 0.717) is 5.69 Å². The minimum absolute atomic E-state index is 0.0681. The van der Waals surface area contributed by atoms with Crippen molar-refractivity contribution in [3.8, 4) is 0 Å². The first-order valence-corrected chi connectivity index (χ1v) is 10.9. The zero-order chi connectivity index (χ0) is 22.4. The largest absolute Gasteiger partial charge is 0.271 e. The highest BCUT2D eigenvalue weighted by atomic mass is 32.2. The summed E-state index contributed by atoms with van der Waals surface area (Å²) in [4.78, 5) is 12.6. The molecule has 0 aliphatic heterocycles. The van der Waals surface area contributed by atoms with Crippen LogP contribution in [0.1, 0.15) is 16.7 Å². The quantitative estimate of drug-likeness (QED) is 0.449. The van der Waals surface area contributed by atoms with Crippen LogP contribution in [0.25, 0.3) is 0 Å². The van der Waals surface area contributed by atoms with Crippen molar-refractivity contribution >= 4 is 27.8 Å². The van der Waals surface area contributed by atoms with Crippen molar-refractivity contribution in [2.75, 3.05) is 10.8 Å². The summed E-state index contributed by atoms with van der Waals surface area (Å²) in [6, 6.07) is 19.1. The lowest BCUT2D eigenvalue weighted by molar-refractivity contribution is -0.119. The molecular formula is C23H22FN3O3S. The van der Waals surface area contributed by atoms with E-state index in [1.807, 2.05) is 13.0 Å². The van der Waals surface area contributed by atoms with Crippen molar-refractivity contribution in [1.82, 2.24) is 5.43 Å². The Bertz CT molecular complexity index is 1210. The van der Waals surface area contributed by atoms with Crippen molar-refractivity contribution in [3.63, 3.8) is 0 Å². The van der Waals surface area contributed by atoms with Crippen LogP contribution in [-0.4, -0.2) is 27.1 Å². The molecule has 3 rings (SSSR count). The minimum Gasteiger partial charge on any atom is -0.271 e. The molecule has 31 heavy (non-hydrogen) atoms. The van der Waals surface area contributed by atoms with Crippen molar-refractivity contribution in [3.05, 3.63) is 95.3 Å². The molecule has 160 valence electrons. The topological polar surface area (TPSA) is 78.8 Å². The number of rotatable bonds is 7. The Kier molecular flexibility index (Phi) is 6.81. The molecule has 0 aliphatic rings. The molecule has 3 aromatic rings. The molecule has 0 radical (unpaired) electrons. The third kappa shape index (κ3) is 5.16. The molecule has 6 nitrogen and oxygen atoms in total. The van der Waals surface area contributed by atoms with Crippen molar-refractivity contribution < 1.29 is 17.6 Å². The van der Waals surface area contributed by atoms with Crippen LogP contribution in [-0.2, 0) is 14.8 Å². The zero-order valence-corrected chi connectivity index (χ0v) is 17.9. The first kappa shape index (κ1) is 22.2. The second-order valence-electron chi connectivity index (χ2n) is 6.86. The van der Waals surface area contributed by atoms with Crippen LogP contribution in [0, 0.1) is 19.7 Å². The number of sulfonamides is 1. The fourth-order valence-corrected chi connectivity index (χ4v) is 4.44. The predicted octanol–water partition coefficient (Wildman–Crippen LogP) is 3.79. The third-order valence-electron chi connectivity index (χ3n) is 4.76. The predicted molar refractivity (Wildman–Crippen MR) is 119 cm³/mol. The highest BCUT2D eigenvalue weighted by molar-refractivity contribution is 7.92. The highest BCUT2D eigenvalue weighted by Gasteiger charge is 2.28. The lowest BCUT2D eigenvalue weighted by Crippen LogP contribution is -2.40. The number of nitrogens with one attached hydrogen (secondary N) is 1. The molecule has 0 aromatic heterocycles. The second kappa shape index (κ2) is 9.53. The average Bonchev–Trinajstić information content (AvgIpc) is 2.76. The number of benzene rings is 3. The van der Waals surface area contributed by atoms with Gasteiger partial charge in [0.05, 0.1) is 16.8 Å². The molecule has 1 amide bonds. The van der Waals surface area contributed by atoms with E-state index in [9.17, 15) is 17.6 Å². The van der Waals surface area contributed by atoms with Crippen LogP contribution >= 0.6 is 0 Å². The van der Waals surface area contributed by atoms with Crippen molar-refractivity contribution in [2.45, 2.75) is 18.7 Å². The van der Waals surface area contributed by atoms with E-state index in [1.54, 1.807) is 49.4 Å². The van der Waals surface area contributed by atoms with Crippen LogP contribution in [0.4, 0.5) is 10.1 Å². The van der Waals surface area contributed by atoms with Gasteiger partial charge in [-0.2, -0.15) is 5.10 Å². The van der Waals surface area contributed by atoms with Gasteiger partial charge in [-0.3, -0.25) is 9.10 Å². The van der Waals surface area contributed by atoms with Gasteiger partial charge in [-0.05, 0) is 49.2 Å². The van der Waals surface area contributed by atoms with Crippen LogP contribution in [0.3, 0.4) is 0 Å². The van der Waals surface area contributed by atoms with Gasteiger partial charge < -0.3 is 0 Å². The summed E-state index contributed by atoms with van der Waals surface area (Å²) in [5, 5.41) is 3.76. The van der Waals surface area contributed by atoms with Gasteiger partial charge in [-0.25, -0.2) is 18.2 Å². The fourth-order valence-electron chi connectivity index (χ4n) is 2.94. The summed E-state index contributed by atoms with van der Waals surface area (Å²) in [5.41, 5.74) is 4.51. The standard InChI is InChI=1S/C23H22FN3O3S/c1-17-9-8-14-22(18(17)2)27(31(29,30)20-11-4-3-5-12-20)16-23(28)26-25-15-19-10-6-7-13-21(19)24/h3-15H,16H2,1-2H3,(H,26,28)/b25-15-. The molecule has 3 aromatic carbocycles. The normalized spacial score (nSPS) is 11.5. The van der Waals surface area contributed by atoms with Gasteiger partial charge in [0.2, 0.25) is 0 Å². The summed E-state index contributed by atoms with van der Waals surface area (Å²) in [6.07, 6.45) is 1.17. The summed E-state index contributed by atoms with van der Waals surface area (Å²) in [6.45, 7) is 3.17. The first-order chi connectivity index (χ1) is 14.8. The lowest BCUT2D eigenvalue weighted by atomic mass is 10.1. The highest BCUT2D eigenvalue weighted by Crippen LogP contribution is 2.28. The van der Waals surface area contributed by atoms with E-state index in [0.717, 1.165) is 15.4 Å². The Morgan fingerprint density at radius 3 is 2.39 bits per heavy atom. The summed E-state index contributed by atoms with van der Waals surface area (Å²) in [7, 11) is -4.01. The Morgan fingerprint density at radius 2 is 1.68 bits per heavy atom. The van der Waals surface area contributed by atoms with Gasteiger partial charge in [-0.1, -0.05) is 48.5 Å². The molecule has 0 aliphatic carbocycles. The number of halogens is 1. The minimum atomic E-state index is -4.01. The molecule has 0 saturated carbocycles. The number of hydrazone groups is 1. The van der Waals surface area contributed by atoms with Crippen LogP contribution in [0.15, 0.2) is 82.8 Å². The molecule has 0 heterocycles. The Morgan fingerprint density at radius 1 is 1.00 bits per heavy atom. The fraction of sp³-hybridized carbons (Fsp3) is 0.130.